The molecule has 0 bridgehead atoms. The number of aliphatic hydroxyl groups is 3. The van der Waals surface area contributed by atoms with Gasteiger partial charge in [-0.1, -0.05) is 96.8 Å². The first-order valence-corrected chi connectivity index (χ1v) is 11.9. The Morgan fingerprint density at radius 2 is 0.964 bits per heavy atom. The van der Waals surface area contributed by atoms with Gasteiger partial charge < -0.3 is 15.3 Å². The van der Waals surface area contributed by atoms with Gasteiger partial charge in [0, 0.05) is 0 Å². The van der Waals surface area contributed by atoms with Crippen molar-refractivity contribution in [3.05, 3.63) is 0 Å². The summed E-state index contributed by atoms with van der Waals surface area (Å²) in [5.41, 5.74) is 0. The first-order valence-electron chi connectivity index (χ1n) is 11.9. The van der Waals surface area contributed by atoms with Gasteiger partial charge in [0.05, 0.1) is 19.6 Å². The molecule has 0 saturated heterocycles. The minimum atomic E-state index is -0.349. The minimum Gasteiger partial charge on any atom is -0.390 e. The van der Waals surface area contributed by atoms with Gasteiger partial charge in [0.1, 0.15) is 13.1 Å². The molecule has 0 spiro atoms. The Balaban J connectivity index is 3.54. The second kappa shape index (κ2) is 19.8. The molecule has 0 aliphatic rings. The predicted octanol–water partition coefficient (Wildman–Crippen LogP) is 4.53. The number of aliphatic hydroxyl groups excluding tert-OH is 3. The second-order valence-electron chi connectivity index (χ2n) is 8.27. The first-order chi connectivity index (χ1) is 13.7. The fourth-order valence-corrected chi connectivity index (χ4v) is 3.85. The van der Waals surface area contributed by atoms with Crippen molar-refractivity contribution in [1.82, 2.24) is 0 Å². The summed E-state index contributed by atoms with van der Waals surface area (Å²) in [4.78, 5) is 12.4. The zero-order valence-corrected chi connectivity index (χ0v) is 18.5. The summed E-state index contributed by atoms with van der Waals surface area (Å²) in [6.45, 7) is 1.94. The molecule has 0 aromatic heterocycles. The lowest BCUT2D eigenvalue weighted by molar-refractivity contribution is -0.874. The molecule has 168 valence electrons. The minimum absolute atomic E-state index is 0.0692. The number of carbonyl (C=O) groups is 1. The molecule has 0 unspecified atom stereocenters. The highest BCUT2D eigenvalue weighted by atomic mass is 16.3. The van der Waals surface area contributed by atoms with E-state index >= 15 is 0 Å². The van der Waals surface area contributed by atoms with Crippen LogP contribution in [0.1, 0.15) is 110 Å². The van der Waals surface area contributed by atoms with Gasteiger partial charge >= 0.3 is 5.91 Å². The SMILES string of the molecule is CCCCCCCCCCCCCCCCCC(=O)[N+](CO)(CCO)CCO. The lowest BCUT2D eigenvalue weighted by Gasteiger charge is -2.32. The molecule has 0 heterocycles. The average molecular weight is 403 g/mol. The van der Waals surface area contributed by atoms with E-state index in [1.807, 2.05) is 0 Å². The van der Waals surface area contributed by atoms with E-state index in [9.17, 15) is 9.90 Å². The van der Waals surface area contributed by atoms with Crippen LogP contribution in [0.2, 0.25) is 0 Å². The zero-order chi connectivity index (χ0) is 20.9. The van der Waals surface area contributed by atoms with Gasteiger partial charge in [-0.15, -0.1) is 0 Å². The highest BCUT2D eigenvalue weighted by Crippen LogP contribution is 2.15. The second-order valence-corrected chi connectivity index (χ2v) is 8.27. The van der Waals surface area contributed by atoms with Gasteiger partial charge in [-0.3, -0.25) is 0 Å². The molecule has 5 nitrogen and oxygen atoms in total. The van der Waals surface area contributed by atoms with Crippen molar-refractivity contribution in [3.63, 3.8) is 0 Å². The molecule has 0 fully saturated rings. The number of amides is 1. The summed E-state index contributed by atoms with van der Waals surface area (Å²) >= 11 is 0. The Morgan fingerprint density at radius 3 is 1.29 bits per heavy atom. The monoisotopic (exact) mass is 402 g/mol. The number of unbranched alkanes of at least 4 members (excludes halogenated alkanes) is 14. The summed E-state index contributed by atoms with van der Waals surface area (Å²) in [6.07, 6.45) is 19.7. The van der Waals surface area contributed by atoms with Crippen molar-refractivity contribution in [2.24, 2.45) is 0 Å². The summed E-state index contributed by atoms with van der Waals surface area (Å²) in [6, 6.07) is 0. The summed E-state index contributed by atoms with van der Waals surface area (Å²) in [5, 5.41) is 27.9. The van der Waals surface area contributed by atoms with Gasteiger partial charge in [-0.2, -0.15) is 0 Å². The number of rotatable bonds is 21. The average Bonchev–Trinajstić information content (AvgIpc) is 2.70. The van der Waals surface area contributed by atoms with Crippen LogP contribution in [0.4, 0.5) is 0 Å². The highest BCUT2D eigenvalue weighted by Gasteiger charge is 2.34. The molecule has 0 aliphatic carbocycles. The number of carbonyl (C=O) groups excluding carboxylic acids is 1. The van der Waals surface area contributed by atoms with E-state index in [1.54, 1.807) is 0 Å². The van der Waals surface area contributed by atoms with Gasteiger partial charge in [-0.25, -0.2) is 9.28 Å². The van der Waals surface area contributed by atoms with E-state index in [0.717, 1.165) is 19.3 Å². The number of nitrogens with zero attached hydrogens (tertiary/aromatic N) is 1. The largest absolute Gasteiger partial charge is 0.390 e. The lowest BCUT2D eigenvalue weighted by atomic mass is 10.0. The van der Waals surface area contributed by atoms with Crippen LogP contribution in [0.15, 0.2) is 0 Å². The molecule has 5 heteroatoms. The van der Waals surface area contributed by atoms with Gasteiger partial charge in [0.2, 0.25) is 0 Å². The van der Waals surface area contributed by atoms with Crippen molar-refractivity contribution in [2.45, 2.75) is 110 Å². The van der Waals surface area contributed by atoms with Crippen LogP contribution in [-0.2, 0) is 4.79 Å². The summed E-state index contributed by atoms with van der Waals surface area (Å²) in [7, 11) is 0. The molecular weight excluding hydrogens is 354 g/mol. The van der Waals surface area contributed by atoms with Crippen LogP contribution in [0.25, 0.3) is 0 Å². The van der Waals surface area contributed by atoms with Gasteiger partial charge in [-0.05, 0) is 6.42 Å². The number of hydrogen-bond donors (Lipinski definition) is 3. The fourth-order valence-electron chi connectivity index (χ4n) is 3.85. The topological polar surface area (TPSA) is 77.8 Å². The first kappa shape index (κ1) is 27.5. The zero-order valence-electron chi connectivity index (χ0n) is 18.5. The van der Waals surface area contributed by atoms with E-state index in [4.69, 9.17) is 10.2 Å². The maximum absolute atomic E-state index is 12.4. The van der Waals surface area contributed by atoms with Crippen LogP contribution in [0.5, 0.6) is 0 Å². The molecule has 0 atom stereocenters. The van der Waals surface area contributed by atoms with Crippen LogP contribution in [-0.4, -0.2) is 58.7 Å². The Kier molecular flexibility index (Phi) is 19.5. The molecule has 0 radical (unpaired) electrons. The van der Waals surface area contributed by atoms with Crippen LogP contribution in [0, 0.1) is 0 Å². The molecule has 3 N–H and O–H groups in total. The molecular formula is C23H48NO4+. The molecule has 0 saturated carbocycles. The Bertz CT molecular complexity index is 343. The number of hydrogen-bond acceptors (Lipinski definition) is 4. The Hall–Kier alpha value is -0.490. The number of quaternary nitrogens is 1. The Morgan fingerprint density at radius 1 is 0.607 bits per heavy atom. The van der Waals surface area contributed by atoms with E-state index in [0.29, 0.717) is 6.42 Å². The van der Waals surface area contributed by atoms with Crippen LogP contribution >= 0.6 is 0 Å². The predicted molar refractivity (Wildman–Crippen MR) is 116 cm³/mol. The fraction of sp³-hybridized carbons (Fsp3) is 0.957. The van der Waals surface area contributed by atoms with E-state index in [1.165, 1.54) is 77.0 Å². The molecule has 0 rings (SSSR count). The van der Waals surface area contributed by atoms with Crippen molar-refractivity contribution in [3.8, 4) is 0 Å². The van der Waals surface area contributed by atoms with E-state index < -0.39 is 0 Å². The molecule has 0 aromatic rings. The molecule has 28 heavy (non-hydrogen) atoms. The Labute approximate surface area is 173 Å². The van der Waals surface area contributed by atoms with Crippen LogP contribution < -0.4 is 0 Å². The molecule has 0 aromatic carbocycles. The maximum Gasteiger partial charge on any atom is 0.315 e. The van der Waals surface area contributed by atoms with Crippen molar-refractivity contribution in [2.75, 3.05) is 33.0 Å². The third-order valence-electron chi connectivity index (χ3n) is 5.85. The van der Waals surface area contributed by atoms with Crippen LogP contribution in [0.3, 0.4) is 0 Å². The third-order valence-corrected chi connectivity index (χ3v) is 5.85. The van der Waals surface area contributed by atoms with Crippen molar-refractivity contribution < 1.29 is 24.6 Å². The normalized spacial score (nSPS) is 11.9. The smallest absolute Gasteiger partial charge is 0.315 e. The van der Waals surface area contributed by atoms with Gasteiger partial charge in [0.25, 0.3) is 0 Å². The van der Waals surface area contributed by atoms with Crippen molar-refractivity contribution >= 4 is 5.91 Å². The van der Waals surface area contributed by atoms with E-state index in [2.05, 4.69) is 6.92 Å². The molecule has 0 aliphatic heterocycles. The van der Waals surface area contributed by atoms with Crippen molar-refractivity contribution in [1.29, 1.82) is 0 Å². The van der Waals surface area contributed by atoms with Gasteiger partial charge in [0.15, 0.2) is 6.73 Å². The quantitative estimate of drug-likeness (QED) is 0.150. The summed E-state index contributed by atoms with van der Waals surface area (Å²) in [5.74, 6) is -0.0692. The maximum atomic E-state index is 12.4. The standard InChI is InChI=1S/C23H48NO4/c1-2-3-4-5-6-7-8-9-10-11-12-13-14-15-16-17-23(28)24(22-27,18-20-25)19-21-26/h25-27H,2-22H2,1H3/q+1. The lowest BCUT2D eigenvalue weighted by Crippen LogP contribution is -2.56. The third kappa shape index (κ3) is 13.6. The van der Waals surface area contributed by atoms with E-state index in [-0.39, 0.29) is 43.4 Å². The summed E-state index contributed by atoms with van der Waals surface area (Å²) < 4.78 is -0.217. The highest BCUT2D eigenvalue weighted by molar-refractivity contribution is 5.68. The molecule has 1 amide bonds.